The summed E-state index contributed by atoms with van der Waals surface area (Å²) in [5.74, 6) is -0.635. The van der Waals surface area contributed by atoms with Crippen molar-refractivity contribution < 1.29 is 14.3 Å². The van der Waals surface area contributed by atoms with Crippen molar-refractivity contribution >= 4 is 17.6 Å². The van der Waals surface area contributed by atoms with Crippen LogP contribution in [0.4, 0.5) is 0 Å². The van der Waals surface area contributed by atoms with Crippen molar-refractivity contribution in [2.24, 2.45) is 0 Å². The lowest BCUT2D eigenvalue weighted by molar-refractivity contribution is 0.0690. The van der Waals surface area contributed by atoms with E-state index in [1.54, 1.807) is 0 Å². The zero-order valence-electron chi connectivity index (χ0n) is 12.2. The lowest BCUT2D eigenvalue weighted by Gasteiger charge is -2.28. The molecule has 0 aliphatic heterocycles. The molecule has 5 nitrogen and oxygen atoms in total. The highest BCUT2D eigenvalue weighted by Crippen LogP contribution is 2.35. The van der Waals surface area contributed by atoms with Crippen molar-refractivity contribution in [3.05, 3.63) is 52.7 Å². The third-order valence-corrected chi connectivity index (χ3v) is 4.21. The number of hydrogen-bond donors (Lipinski definition) is 1. The van der Waals surface area contributed by atoms with Crippen molar-refractivity contribution in [1.82, 2.24) is 9.88 Å². The second-order valence-electron chi connectivity index (χ2n) is 5.56. The van der Waals surface area contributed by atoms with Crippen molar-refractivity contribution in [2.45, 2.75) is 38.4 Å². The van der Waals surface area contributed by atoms with Gasteiger partial charge in [0.2, 0.25) is 5.89 Å². The summed E-state index contributed by atoms with van der Waals surface area (Å²) in [4.78, 5) is 17.2. The van der Waals surface area contributed by atoms with Crippen LogP contribution in [0, 0.1) is 0 Å². The number of aromatic carboxylic acids is 1. The molecule has 116 valence electrons. The molecule has 1 aliphatic rings. The summed E-state index contributed by atoms with van der Waals surface area (Å²) < 4.78 is 5.28. The Morgan fingerprint density at radius 2 is 2.14 bits per heavy atom. The van der Waals surface area contributed by atoms with E-state index in [0.717, 1.165) is 12.8 Å². The van der Waals surface area contributed by atoms with Crippen LogP contribution in [0.2, 0.25) is 5.02 Å². The molecule has 0 amide bonds. The van der Waals surface area contributed by atoms with Gasteiger partial charge in [0, 0.05) is 17.1 Å². The number of halogens is 1. The van der Waals surface area contributed by atoms with Gasteiger partial charge in [0.1, 0.15) is 6.26 Å². The minimum absolute atomic E-state index is 0.0510. The Morgan fingerprint density at radius 3 is 2.68 bits per heavy atom. The number of carboxylic acids is 1. The molecular formula is C16H17ClN2O3. The van der Waals surface area contributed by atoms with Gasteiger partial charge in [-0.2, -0.15) is 0 Å². The first-order valence-corrected chi connectivity index (χ1v) is 7.61. The molecule has 3 rings (SSSR count). The van der Waals surface area contributed by atoms with Gasteiger partial charge in [-0.15, -0.1) is 0 Å². The first-order valence-electron chi connectivity index (χ1n) is 7.23. The van der Waals surface area contributed by atoms with E-state index < -0.39 is 5.97 Å². The molecule has 0 spiro atoms. The first-order chi connectivity index (χ1) is 10.5. The van der Waals surface area contributed by atoms with E-state index in [2.05, 4.69) is 16.8 Å². The summed E-state index contributed by atoms with van der Waals surface area (Å²) in [6.45, 7) is 2.63. The number of carbonyl (C=O) groups is 1. The molecule has 1 atom stereocenters. The third-order valence-electron chi connectivity index (χ3n) is 3.95. The quantitative estimate of drug-likeness (QED) is 0.878. The number of benzene rings is 1. The molecular weight excluding hydrogens is 304 g/mol. The minimum Gasteiger partial charge on any atom is -0.476 e. The summed E-state index contributed by atoms with van der Waals surface area (Å²) >= 11 is 5.94. The predicted octanol–water partition coefficient (Wildman–Crippen LogP) is 3.75. The van der Waals surface area contributed by atoms with Crippen molar-refractivity contribution in [2.75, 3.05) is 0 Å². The van der Waals surface area contributed by atoms with Gasteiger partial charge in [0.15, 0.2) is 5.69 Å². The lowest BCUT2D eigenvalue weighted by atomic mass is 10.1. The highest BCUT2D eigenvalue weighted by molar-refractivity contribution is 6.30. The summed E-state index contributed by atoms with van der Waals surface area (Å²) in [6.07, 6.45) is 3.48. The molecule has 0 bridgehead atoms. The second-order valence-corrected chi connectivity index (χ2v) is 6.00. The number of hydrogen-bond acceptors (Lipinski definition) is 4. The van der Waals surface area contributed by atoms with Gasteiger partial charge in [-0.05, 0) is 37.5 Å². The maximum atomic E-state index is 10.9. The van der Waals surface area contributed by atoms with E-state index in [4.69, 9.17) is 21.1 Å². The average Bonchev–Trinajstić information content (AvgIpc) is 3.22. The van der Waals surface area contributed by atoms with Gasteiger partial charge in [-0.1, -0.05) is 23.7 Å². The molecule has 1 N–H and O–H groups in total. The average molecular weight is 321 g/mol. The zero-order chi connectivity index (χ0) is 15.7. The van der Waals surface area contributed by atoms with Crippen LogP contribution in [0.3, 0.4) is 0 Å². The van der Waals surface area contributed by atoms with Crippen molar-refractivity contribution in [1.29, 1.82) is 0 Å². The maximum absolute atomic E-state index is 10.9. The smallest absolute Gasteiger partial charge is 0.357 e. The topological polar surface area (TPSA) is 66.6 Å². The van der Waals surface area contributed by atoms with Gasteiger partial charge in [-0.3, -0.25) is 4.90 Å². The molecule has 1 aromatic heterocycles. The highest BCUT2D eigenvalue weighted by atomic mass is 35.5. The van der Waals surface area contributed by atoms with E-state index >= 15 is 0 Å². The number of rotatable bonds is 6. The van der Waals surface area contributed by atoms with E-state index in [0.29, 0.717) is 23.5 Å². The molecule has 1 saturated carbocycles. The van der Waals surface area contributed by atoms with Crippen LogP contribution in [0.5, 0.6) is 0 Å². The molecule has 1 fully saturated rings. The molecule has 2 aromatic rings. The van der Waals surface area contributed by atoms with Crippen LogP contribution < -0.4 is 0 Å². The Balaban J connectivity index is 1.77. The Labute approximate surface area is 133 Å². The minimum atomic E-state index is -1.07. The molecule has 0 saturated heterocycles. The zero-order valence-corrected chi connectivity index (χ0v) is 13.0. The molecule has 1 heterocycles. The Bertz CT molecular complexity index is 664. The molecule has 0 radical (unpaired) electrons. The van der Waals surface area contributed by atoms with Crippen LogP contribution in [0.15, 0.2) is 34.9 Å². The Morgan fingerprint density at radius 1 is 1.45 bits per heavy atom. The summed E-state index contributed by atoms with van der Waals surface area (Å²) in [7, 11) is 0. The summed E-state index contributed by atoms with van der Waals surface area (Å²) in [5.41, 5.74) is 1.12. The van der Waals surface area contributed by atoms with E-state index in [1.807, 2.05) is 24.3 Å². The monoisotopic (exact) mass is 320 g/mol. The second kappa shape index (κ2) is 6.10. The van der Waals surface area contributed by atoms with E-state index in [1.165, 1.54) is 11.8 Å². The summed E-state index contributed by atoms with van der Waals surface area (Å²) in [6, 6.07) is 8.47. The van der Waals surface area contributed by atoms with Gasteiger partial charge in [0.25, 0.3) is 0 Å². The van der Waals surface area contributed by atoms with Gasteiger partial charge < -0.3 is 9.52 Å². The number of nitrogens with zero attached hydrogens (tertiary/aromatic N) is 2. The van der Waals surface area contributed by atoms with Crippen molar-refractivity contribution in [3.8, 4) is 0 Å². The summed E-state index contributed by atoms with van der Waals surface area (Å²) in [5, 5.41) is 9.63. The molecule has 6 heteroatoms. The molecule has 1 aromatic carbocycles. The Hall–Kier alpha value is -1.85. The first kappa shape index (κ1) is 15.1. The standard InChI is InChI=1S/C16H17ClN2O3/c1-10(11-2-4-12(17)5-3-11)19(13-6-7-13)8-15-18-14(9-22-15)16(20)21/h2-5,9-10,13H,6-8H2,1H3,(H,20,21). The van der Waals surface area contributed by atoms with Crippen LogP contribution in [-0.4, -0.2) is 27.0 Å². The van der Waals surface area contributed by atoms with Crippen LogP contribution in [-0.2, 0) is 6.54 Å². The Kier molecular flexibility index (Phi) is 4.18. The largest absolute Gasteiger partial charge is 0.476 e. The van der Waals surface area contributed by atoms with Crippen LogP contribution in [0.25, 0.3) is 0 Å². The lowest BCUT2D eigenvalue weighted by Crippen LogP contribution is -2.29. The fraction of sp³-hybridized carbons (Fsp3) is 0.375. The third kappa shape index (κ3) is 3.31. The predicted molar refractivity (Wildman–Crippen MR) is 81.9 cm³/mol. The SMILES string of the molecule is CC(c1ccc(Cl)cc1)N(Cc1nc(C(=O)O)co1)C1CC1. The fourth-order valence-corrected chi connectivity index (χ4v) is 2.69. The molecule has 1 unspecified atom stereocenters. The van der Waals surface area contributed by atoms with Crippen LogP contribution >= 0.6 is 11.6 Å². The number of carboxylic acid groups (broad SMARTS) is 1. The fourth-order valence-electron chi connectivity index (χ4n) is 2.56. The van der Waals surface area contributed by atoms with Gasteiger partial charge >= 0.3 is 5.97 Å². The van der Waals surface area contributed by atoms with E-state index in [9.17, 15) is 4.79 Å². The molecule has 1 aliphatic carbocycles. The van der Waals surface area contributed by atoms with Gasteiger partial charge in [-0.25, -0.2) is 9.78 Å². The highest BCUT2D eigenvalue weighted by Gasteiger charge is 2.33. The molecule has 22 heavy (non-hydrogen) atoms. The van der Waals surface area contributed by atoms with Gasteiger partial charge in [0.05, 0.1) is 6.54 Å². The number of aromatic nitrogens is 1. The maximum Gasteiger partial charge on any atom is 0.357 e. The van der Waals surface area contributed by atoms with E-state index in [-0.39, 0.29) is 11.7 Å². The van der Waals surface area contributed by atoms with Crippen LogP contribution in [0.1, 0.15) is 47.7 Å². The normalized spacial score (nSPS) is 16.0. The number of oxazole rings is 1. The van der Waals surface area contributed by atoms with Crippen molar-refractivity contribution in [3.63, 3.8) is 0 Å².